The van der Waals surface area contributed by atoms with Crippen LogP contribution in [0.25, 0.3) is 0 Å². The van der Waals surface area contributed by atoms with Crippen LogP contribution in [0.2, 0.25) is 0 Å². The van der Waals surface area contributed by atoms with Crippen LogP contribution >= 0.6 is 0 Å². The molecule has 0 aromatic heterocycles. The molecule has 0 fully saturated rings. The molecule has 0 aliphatic carbocycles. The Morgan fingerprint density at radius 3 is 2.62 bits per heavy atom. The third-order valence-corrected chi connectivity index (χ3v) is 3.02. The van der Waals surface area contributed by atoms with E-state index in [1.807, 2.05) is 39.0 Å². The van der Waals surface area contributed by atoms with Crippen molar-refractivity contribution in [1.82, 2.24) is 5.32 Å². The van der Waals surface area contributed by atoms with Gasteiger partial charge < -0.3 is 15.2 Å². The molecular formula is C16H23NO4. The number of hydrogen-bond acceptors (Lipinski definition) is 3. The molecule has 2 N–H and O–H groups in total. The summed E-state index contributed by atoms with van der Waals surface area (Å²) >= 11 is 0. The van der Waals surface area contributed by atoms with E-state index in [2.05, 4.69) is 5.32 Å². The molecule has 0 radical (unpaired) electrons. The number of nitrogens with one attached hydrogen (secondary N) is 1. The number of ether oxygens (including phenoxy) is 1. The van der Waals surface area contributed by atoms with E-state index in [1.54, 1.807) is 6.07 Å². The highest BCUT2D eigenvalue weighted by atomic mass is 16.5. The first-order valence-corrected chi connectivity index (χ1v) is 7.16. The predicted octanol–water partition coefficient (Wildman–Crippen LogP) is 2.24. The van der Waals surface area contributed by atoms with Gasteiger partial charge in [-0.25, -0.2) is 4.79 Å². The molecule has 1 aromatic carbocycles. The topological polar surface area (TPSA) is 75.6 Å². The molecule has 1 rings (SSSR count). The second-order valence-electron chi connectivity index (χ2n) is 5.38. The molecule has 5 nitrogen and oxygen atoms in total. The monoisotopic (exact) mass is 293 g/mol. The number of aryl methyl sites for hydroxylation is 1. The van der Waals surface area contributed by atoms with Gasteiger partial charge in [0.2, 0.25) is 0 Å². The summed E-state index contributed by atoms with van der Waals surface area (Å²) in [4.78, 5) is 22.8. The Balaban J connectivity index is 2.50. The summed E-state index contributed by atoms with van der Waals surface area (Å²) in [5.41, 5.74) is 1.12. The van der Waals surface area contributed by atoms with E-state index >= 15 is 0 Å². The number of amides is 1. The van der Waals surface area contributed by atoms with Crippen molar-refractivity contribution < 1.29 is 19.4 Å². The lowest BCUT2D eigenvalue weighted by molar-refractivity contribution is -0.142. The average Bonchev–Trinajstić information content (AvgIpc) is 2.44. The maximum absolute atomic E-state index is 11.8. The standard InChI is InChI=1S/C16H23NO4/c1-4-12-6-5-7-13(9-12)21-10-15(18)17-14(16(19)20)8-11(2)3/h5-7,9,11,14H,4,8,10H2,1-3H3,(H,17,18)(H,19,20). The number of benzene rings is 1. The Hall–Kier alpha value is -2.04. The molecule has 0 heterocycles. The Morgan fingerprint density at radius 2 is 2.05 bits per heavy atom. The Bertz CT molecular complexity index is 485. The molecule has 5 heteroatoms. The maximum atomic E-state index is 11.8. The Morgan fingerprint density at radius 1 is 1.33 bits per heavy atom. The number of carbonyl (C=O) groups is 2. The number of hydrogen-bond donors (Lipinski definition) is 2. The summed E-state index contributed by atoms with van der Waals surface area (Å²) in [6.45, 7) is 5.67. The number of rotatable bonds is 8. The van der Waals surface area contributed by atoms with Crippen LogP contribution < -0.4 is 10.1 Å². The molecule has 1 amide bonds. The van der Waals surface area contributed by atoms with Crippen LogP contribution in [-0.2, 0) is 16.0 Å². The summed E-state index contributed by atoms with van der Waals surface area (Å²) in [6, 6.07) is 6.62. The molecular weight excluding hydrogens is 270 g/mol. The molecule has 1 unspecified atom stereocenters. The predicted molar refractivity (Wildman–Crippen MR) is 80.3 cm³/mol. The first-order valence-electron chi connectivity index (χ1n) is 7.16. The smallest absolute Gasteiger partial charge is 0.326 e. The fourth-order valence-corrected chi connectivity index (χ4v) is 1.93. The second-order valence-corrected chi connectivity index (χ2v) is 5.38. The number of carboxylic acid groups (broad SMARTS) is 1. The van der Waals surface area contributed by atoms with Gasteiger partial charge in [0.1, 0.15) is 11.8 Å². The highest BCUT2D eigenvalue weighted by Gasteiger charge is 2.21. The Kier molecular flexibility index (Phi) is 6.72. The molecule has 0 aliphatic heterocycles. The summed E-state index contributed by atoms with van der Waals surface area (Å²) in [5, 5.41) is 11.6. The number of carbonyl (C=O) groups excluding carboxylic acids is 1. The zero-order chi connectivity index (χ0) is 15.8. The Labute approximate surface area is 125 Å². The van der Waals surface area contributed by atoms with Crippen LogP contribution in [0.4, 0.5) is 0 Å². The minimum Gasteiger partial charge on any atom is -0.484 e. The van der Waals surface area contributed by atoms with Gasteiger partial charge in [-0.05, 0) is 36.5 Å². The summed E-state index contributed by atoms with van der Waals surface area (Å²) < 4.78 is 5.39. The quantitative estimate of drug-likeness (QED) is 0.770. The summed E-state index contributed by atoms with van der Waals surface area (Å²) in [6.07, 6.45) is 1.28. The number of aliphatic carboxylic acids is 1. The fraction of sp³-hybridized carbons (Fsp3) is 0.500. The lowest BCUT2D eigenvalue weighted by Gasteiger charge is -2.16. The summed E-state index contributed by atoms with van der Waals surface area (Å²) in [7, 11) is 0. The van der Waals surface area contributed by atoms with Crippen molar-refractivity contribution >= 4 is 11.9 Å². The molecule has 1 aromatic rings. The van der Waals surface area contributed by atoms with E-state index in [0.717, 1.165) is 12.0 Å². The first-order chi connectivity index (χ1) is 9.92. The third kappa shape index (κ3) is 6.29. The van der Waals surface area contributed by atoms with Crippen molar-refractivity contribution in [3.63, 3.8) is 0 Å². The molecule has 0 spiro atoms. The van der Waals surface area contributed by atoms with Gasteiger partial charge in [-0.15, -0.1) is 0 Å². The molecule has 0 saturated heterocycles. The molecule has 0 bridgehead atoms. The van der Waals surface area contributed by atoms with Crippen molar-refractivity contribution in [2.75, 3.05) is 6.61 Å². The number of carboxylic acids is 1. The van der Waals surface area contributed by atoms with E-state index < -0.39 is 17.9 Å². The third-order valence-electron chi connectivity index (χ3n) is 3.02. The molecule has 21 heavy (non-hydrogen) atoms. The molecule has 116 valence electrons. The lowest BCUT2D eigenvalue weighted by atomic mass is 10.0. The van der Waals surface area contributed by atoms with Crippen molar-refractivity contribution in [3.05, 3.63) is 29.8 Å². The van der Waals surface area contributed by atoms with Crippen molar-refractivity contribution in [3.8, 4) is 5.75 Å². The summed E-state index contributed by atoms with van der Waals surface area (Å²) in [5.74, 6) is -0.649. The first kappa shape index (κ1) is 17.0. The largest absolute Gasteiger partial charge is 0.484 e. The zero-order valence-corrected chi connectivity index (χ0v) is 12.8. The van der Waals surface area contributed by atoms with Gasteiger partial charge in [0.25, 0.3) is 5.91 Å². The SMILES string of the molecule is CCc1cccc(OCC(=O)NC(CC(C)C)C(=O)O)c1. The van der Waals surface area contributed by atoms with E-state index in [0.29, 0.717) is 12.2 Å². The van der Waals surface area contributed by atoms with Gasteiger partial charge in [0.15, 0.2) is 6.61 Å². The van der Waals surface area contributed by atoms with Gasteiger partial charge >= 0.3 is 5.97 Å². The van der Waals surface area contributed by atoms with Gasteiger partial charge in [0, 0.05) is 0 Å². The van der Waals surface area contributed by atoms with E-state index in [4.69, 9.17) is 9.84 Å². The van der Waals surface area contributed by atoms with Crippen molar-refractivity contribution in [1.29, 1.82) is 0 Å². The van der Waals surface area contributed by atoms with Gasteiger partial charge in [-0.2, -0.15) is 0 Å². The van der Waals surface area contributed by atoms with Crippen molar-refractivity contribution in [2.24, 2.45) is 5.92 Å². The lowest BCUT2D eigenvalue weighted by Crippen LogP contribution is -2.43. The van der Waals surface area contributed by atoms with Crippen LogP contribution in [-0.4, -0.2) is 29.6 Å². The van der Waals surface area contributed by atoms with Crippen LogP contribution in [0.3, 0.4) is 0 Å². The zero-order valence-electron chi connectivity index (χ0n) is 12.8. The van der Waals surface area contributed by atoms with Crippen LogP contribution in [0, 0.1) is 5.92 Å². The van der Waals surface area contributed by atoms with E-state index in [9.17, 15) is 9.59 Å². The fourth-order valence-electron chi connectivity index (χ4n) is 1.93. The normalized spacial score (nSPS) is 12.0. The maximum Gasteiger partial charge on any atom is 0.326 e. The minimum absolute atomic E-state index is 0.185. The van der Waals surface area contributed by atoms with Crippen LogP contribution in [0.1, 0.15) is 32.8 Å². The van der Waals surface area contributed by atoms with Crippen molar-refractivity contribution in [2.45, 2.75) is 39.7 Å². The molecule has 0 aliphatic rings. The molecule has 1 atom stereocenters. The highest BCUT2D eigenvalue weighted by Crippen LogP contribution is 2.13. The van der Waals surface area contributed by atoms with Gasteiger partial charge in [-0.1, -0.05) is 32.9 Å². The average molecular weight is 293 g/mol. The van der Waals surface area contributed by atoms with E-state index in [-0.39, 0.29) is 12.5 Å². The minimum atomic E-state index is -1.02. The van der Waals surface area contributed by atoms with Crippen LogP contribution in [0.15, 0.2) is 24.3 Å². The second kappa shape index (κ2) is 8.29. The van der Waals surface area contributed by atoms with Gasteiger partial charge in [0.05, 0.1) is 0 Å². The molecule has 0 saturated carbocycles. The van der Waals surface area contributed by atoms with Crippen LogP contribution in [0.5, 0.6) is 5.75 Å². The van der Waals surface area contributed by atoms with Gasteiger partial charge in [-0.3, -0.25) is 4.79 Å². The highest BCUT2D eigenvalue weighted by molar-refractivity contribution is 5.84. The van der Waals surface area contributed by atoms with E-state index in [1.165, 1.54) is 0 Å².